The molecule has 2 fully saturated rings. The van der Waals surface area contributed by atoms with Crippen LogP contribution in [0.15, 0.2) is 12.3 Å². The fourth-order valence-corrected chi connectivity index (χ4v) is 2.82. The summed E-state index contributed by atoms with van der Waals surface area (Å²) >= 11 is 0. The third kappa shape index (κ3) is 2.69. The molecule has 1 saturated carbocycles. The van der Waals surface area contributed by atoms with Gasteiger partial charge in [-0.05, 0) is 25.3 Å². The highest BCUT2D eigenvalue weighted by atomic mass is 16.4. The molecular formula is C14H19N3O3. The van der Waals surface area contributed by atoms with Crippen LogP contribution in [0.4, 0.5) is 0 Å². The smallest absolute Gasteiger partial charge is 0.308 e. The molecule has 0 radical (unpaired) electrons. The molecule has 1 aliphatic carbocycles. The summed E-state index contributed by atoms with van der Waals surface area (Å²) in [5, 5.41) is 13.3. The van der Waals surface area contributed by atoms with Gasteiger partial charge < -0.3 is 10.0 Å². The zero-order valence-corrected chi connectivity index (χ0v) is 11.4. The van der Waals surface area contributed by atoms with Gasteiger partial charge in [0.05, 0.1) is 5.92 Å². The quantitative estimate of drug-likeness (QED) is 0.844. The number of aryl methyl sites for hydroxylation is 1. The highest BCUT2D eigenvalue weighted by Crippen LogP contribution is 2.39. The standard InChI is InChI=1S/C14H19N3O3/c18-13-8-11(14(19)20)9-16(13)6-1-7-17-12(4-5-15-17)10-2-3-10/h4-5,10-11H,1-3,6-9H2,(H,19,20). The lowest BCUT2D eigenvalue weighted by atomic mass is 10.1. The predicted molar refractivity (Wildman–Crippen MR) is 71.1 cm³/mol. The lowest BCUT2D eigenvalue weighted by molar-refractivity contribution is -0.141. The Balaban J connectivity index is 1.49. The lowest BCUT2D eigenvalue weighted by Crippen LogP contribution is -2.28. The van der Waals surface area contributed by atoms with E-state index in [1.807, 2.05) is 10.9 Å². The van der Waals surface area contributed by atoms with Gasteiger partial charge >= 0.3 is 5.97 Å². The van der Waals surface area contributed by atoms with Crippen LogP contribution in [0.1, 0.15) is 37.3 Å². The zero-order chi connectivity index (χ0) is 14.1. The van der Waals surface area contributed by atoms with E-state index < -0.39 is 11.9 Å². The minimum Gasteiger partial charge on any atom is -0.481 e. The first-order valence-corrected chi connectivity index (χ1v) is 7.17. The number of hydrogen-bond acceptors (Lipinski definition) is 3. The van der Waals surface area contributed by atoms with E-state index in [-0.39, 0.29) is 12.3 Å². The number of amides is 1. The lowest BCUT2D eigenvalue weighted by Gasteiger charge is -2.16. The van der Waals surface area contributed by atoms with E-state index in [1.54, 1.807) is 4.90 Å². The fourth-order valence-electron chi connectivity index (χ4n) is 2.82. The topological polar surface area (TPSA) is 75.4 Å². The summed E-state index contributed by atoms with van der Waals surface area (Å²) in [4.78, 5) is 24.3. The number of rotatable bonds is 6. The van der Waals surface area contributed by atoms with E-state index in [1.165, 1.54) is 18.5 Å². The molecule has 0 bridgehead atoms. The number of carboxylic acid groups (broad SMARTS) is 1. The van der Waals surface area contributed by atoms with Crippen molar-refractivity contribution in [3.05, 3.63) is 18.0 Å². The summed E-state index contributed by atoms with van der Waals surface area (Å²) < 4.78 is 2.02. The second-order valence-corrected chi connectivity index (χ2v) is 5.69. The number of likely N-dealkylation sites (tertiary alicyclic amines) is 1. The molecule has 1 aliphatic heterocycles. The molecular weight excluding hydrogens is 258 g/mol. The maximum atomic E-state index is 11.7. The van der Waals surface area contributed by atoms with Gasteiger partial charge in [-0.1, -0.05) is 0 Å². The van der Waals surface area contributed by atoms with Gasteiger partial charge in [-0.2, -0.15) is 5.10 Å². The molecule has 1 saturated heterocycles. The number of carbonyl (C=O) groups excluding carboxylic acids is 1. The molecule has 1 aromatic heterocycles. The van der Waals surface area contributed by atoms with Crippen LogP contribution < -0.4 is 0 Å². The van der Waals surface area contributed by atoms with E-state index in [2.05, 4.69) is 11.2 Å². The Bertz CT molecular complexity index is 521. The van der Waals surface area contributed by atoms with Crippen molar-refractivity contribution in [2.24, 2.45) is 5.92 Å². The first kappa shape index (κ1) is 13.1. The summed E-state index contributed by atoms with van der Waals surface area (Å²) in [6.45, 7) is 1.76. The number of aliphatic carboxylic acids is 1. The van der Waals surface area contributed by atoms with Crippen LogP contribution in [0.3, 0.4) is 0 Å². The Morgan fingerprint density at radius 2 is 2.20 bits per heavy atom. The van der Waals surface area contributed by atoms with Gasteiger partial charge in [-0.15, -0.1) is 0 Å². The van der Waals surface area contributed by atoms with E-state index >= 15 is 0 Å². The number of nitrogens with zero attached hydrogens (tertiary/aromatic N) is 3. The normalized spacial score (nSPS) is 22.5. The van der Waals surface area contributed by atoms with E-state index in [0.717, 1.165) is 13.0 Å². The minimum absolute atomic E-state index is 0.0414. The highest BCUT2D eigenvalue weighted by Gasteiger charge is 2.33. The van der Waals surface area contributed by atoms with Gasteiger partial charge in [0.2, 0.25) is 5.91 Å². The van der Waals surface area contributed by atoms with Crippen LogP contribution in [0.5, 0.6) is 0 Å². The molecule has 3 rings (SSSR count). The second kappa shape index (κ2) is 5.26. The van der Waals surface area contributed by atoms with Crippen LogP contribution in [0.25, 0.3) is 0 Å². The molecule has 2 aliphatic rings. The highest BCUT2D eigenvalue weighted by molar-refractivity contribution is 5.86. The van der Waals surface area contributed by atoms with Gasteiger partial charge in [0.1, 0.15) is 0 Å². The molecule has 0 spiro atoms. The first-order chi connectivity index (χ1) is 9.65. The summed E-state index contributed by atoms with van der Waals surface area (Å²) in [5.41, 5.74) is 1.29. The third-order valence-electron chi connectivity index (χ3n) is 4.11. The third-order valence-corrected chi connectivity index (χ3v) is 4.11. The first-order valence-electron chi connectivity index (χ1n) is 7.17. The average molecular weight is 277 g/mol. The second-order valence-electron chi connectivity index (χ2n) is 5.69. The van der Waals surface area contributed by atoms with Crippen molar-refractivity contribution in [3.8, 4) is 0 Å². The SMILES string of the molecule is O=C(O)C1CC(=O)N(CCCn2nccc2C2CC2)C1. The van der Waals surface area contributed by atoms with Crippen molar-refractivity contribution in [2.75, 3.05) is 13.1 Å². The molecule has 2 heterocycles. The Morgan fingerprint density at radius 3 is 2.85 bits per heavy atom. The van der Waals surface area contributed by atoms with E-state index in [4.69, 9.17) is 5.11 Å². The summed E-state index contributed by atoms with van der Waals surface area (Å²) in [6.07, 6.45) is 5.28. The molecule has 20 heavy (non-hydrogen) atoms. The van der Waals surface area contributed by atoms with Crippen molar-refractivity contribution in [1.82, 2.24) is 14.7 Å². The van der Waals surface area contributed by atoms with Gasteiger partial charge in [0.15, 0.2) is 0 Å². The molecule has 1 amide bonds. The summed E-state index contributed by atoms with van der Waals surface area (Å²) in [7, 11) is 0. The van der Waals surface area contributed by atoms with Crippen LogP contribution in [-0.4, -0.2) is 44.8 Å². The monoisotopic (exact) mass is 277 g/mol. The Labute approximate surface area is 117 Å². The van der Waals surface area contributed by atoms with Gasteiger partial charge in [-0.25, -0.2) is 0 Å². The minimum atomic E-state index is -0.871. The van der Waals surface area contributed by atoms with Crippen molar-refractivity contribution >= 4 is 11.9 Å². The molecule has 1 atom stereocenters. The van der Waals surface area contributed by atoms with Crippen molar-refractivity contribution < 1.29 is 14.7 Å². The Morgan fingerprint density at radius 1 is 1.40 bits per heavy atom. The maximum absolute atomic E-state index is 11.7. The number of aromatic nitrogens is 2. The predicted octanol–water partition coefficient (Wildman–Crippen LogP) is 1.08. The van der Waals surface area contributed by atoms with Crippen LogP contribution in [0, 0.1) is 5.92 Å². The van der Waals surface area contributed by atoms with Crippen LogP contribution in [0.2, 0.25) is 0 Å². The molecule has 1 N–H and O–H groups in total. The average Bonchev–Trinajstić information content (AvgIpc) is 3.03. The number of hydrogen-bond donors (Lipinski definition) is 1. The molecule has 1 unspecified atom stereocenters. The fraction of sp³-hybridized carbons (Fsp3) is 0.643. The Kier molecular flexibility index (Phi) is 3.46. The van der Waals surface area contributed by atoms with Crippen molar-refractivity contribution in [3.63, 3.8) is 0 Å². The largest absolute Gasteiger partial charge is 0.481 e. The van der Waals surface area contributed by atoms with E-state index in [9.17, 15) is 9.59 Å². The summed E-state index contributed by atoms with van der Waals surface area (Å²) in [5.74, 6) is -0.777. The Hall–Kier alpha value is -1.85. The maximum Gasteiger partial charge on any atom is 0.308 e. The molecule has 0 aromatic carbocycles. The molecule has 1 aromatic rings. The molecule has 6 heteroatoms. The zero-order valence-electron chi connectivity index (χ0n) is 11.4. The van der Waals surface area contributed by atoms with Crippen molar-refractivity contribution in [1.29, 1.82) is 0 Å². The van der Waals surface area contributed by atoms with E-state index in [0.29, 0.717) is 19.0 Å². The molecule has 6 nitrogen and oxygen atoms in total. The molecule has 108 valence electrons. The number of carbonyl (C=O) groups is 2. The van der Waals surface area contributed by atoms with Gasteiger partial charge in [-0.3, -0.25) is 14.3 Å². The van der Waals surface area contributed by atoms with Gasteiger partial charge in [0.25, 0.3) is 0 Å². The van der Waals surface area contributed by atoms with Gasteiger partial charge in [0, 0.05) is 43.9 Å². The van der Waals surface area contributed by atoms with Crippen LogP contribution >= 0.6 is 0 Å². The van der Waals surface area contributed by atoms with Crippen molar-refractivity contribution in [2.45, 2.75) is 38.1 Å². The van der Waals surface area contributed by atoms with Crippen LogP contribution in [-0.2, 0) is 16.1 Å². The number of carboxylic acids is 1. The summed E-state index contributed by atoms with van der Waals surface area (Å²) in [6, 6.07) is 2.07.